The summed E-state index contributed by atoms with van der Waals surface area (Å²) >= 11 is 0. The third-order valence-electron chi connectivity index (χ3n) is 4.96. The molecule has 1 aliphatic rings. The molecule has 0 radical (unpaired) electrons. The predicted octanol–water partition coefficient (Wildman–Crippen LogP) is 5.17. The number of aryl methyl sites for hydroxylation is 2. The number of nitrogens with two attached hydrogens (primary N) is 1. The lowest BCUT2D eigenvalue weighted by molar-refractivity contribution is 0.392. The molecule has 0 bridgehead atoms. The fourth-order valence-electron chi connectivity index (χ4n) is 3.62. The minimum atomic E-state index is 0.236. The first-order valence-electron chi connectivity index (χ1n) is 8.61. The highest BCUT2D eigenvalue weighted by molar-refractivity contribution is 5.34. The first-order valence-corrected chi connectivity index (χ1v) is 8.61. The van der Waals surface area contributed by atoms with Crippen LogP contribution >= 0.6 is 0 Å². The van der Waals surface area contributed by atoms with E-state index in [9.17, 15) is 0 Å². The Kier molecular flexibility index (Phi) is 6.09. The lowest BCUT2D eigenvalue weighted by Gasteiger charge is -2.22. The molecule has 1 aromatic carbocycles. The molecule has 2 N–H and O–H groups in total. The molecule has 1 heteroatoms. The fraction of sp³-hybridized carbons (Fsp3) is 0.684. The Hall–Kier alpha value is -0.820. The molecule has 0 amide bonds. The monoisotopic (exact) mass is 273 g/mol. The van der Waals surface area contributed by atoms with E-state index in [0.29, 0.717) is 0 Å². The molecule has 0 heterocycles. The molecule has 0 spiro atoms. The highest BCUT2D eigenvalue weighted by Crippen LogP contribution is 2.31. The van der Waals surface area contributed by atoms with Gasteiger partial charge in [0.05, 0.1) is 0 Å². The third kappa shape index (κ3) is 4.09. The molecular formula is C19H31N. The number of benzene rings is 1. The molecule has 0 aliphatic heterocycles. The number of rotatable bonds is 5. The Balaban J connectivity index is 2.08. The minimum Gasteiger partial charge on any atom is -0.324 e. The summed E-state index contributed by atoms with van der Waals surface area (Å²) in [5.41, 5.74) is 10.9. The summed E-state index contributed by atoms with van der Waals surface area (Å²) < 4.78 is 0. The van der Waals surface area contributed by atoms with Gasteiger partial charge in [-0.3, -0.25) is 0 Å². The zero-order valence-electron chi connectivity index (χ0n) is 13.3. The van der Waals surface area contributed by atoms with E-state index in [2.05, 4.69) is 32.0 Å². The van der Waals surface area contributed by atoms with Crippen LogP contribution in [0.4, 0.5) is 0 Å². The smallest absolute Gasteiger partial charge is 0.0300 e. The largest absolute Gasteiger partial charge is 0.324 e. The van der Waals surface area contributed by atoms with E-state index in [1.165, 1.54) is 61.6 Å². The van der Waals surface area contributed by atoms with Crippen LogP contribution in [0.25, 0.3) is 0 Å². The molecule has 1 saturated carbocycles. The predicted molar refractivity (Wildman–Crippen MR) is 87.9 cm³/mol. The molecule has 1 aliphatic carbocycles. The summed E-state index contributed by atoms with van der Waals surface area (Å²) in [4.78, 5) is 0. The summed E-state index contributed by atoms with van der Waals surface area (Å²) in [6.45, 7) is 4.46. The van der Waals surface area contributed by atoms with Gasteiger partial charge in [-0.05, 0) is 41.9 Å². The Bertz CT molecular complexity index is 402. The van der Waals surface area contributed by atoms with Crippen LogP contribution in [0.1, 0.15) is 81.5 Å². The van der Waals surface area contributed by atoms with Crippen LogP contribution in [-0.4, -0.2) is 0 Å². The topological polar surface area (TPSA) is 26.0 Å². The van der Waals surface area contributed by atoms with Gasteiger partial charge in [-0.1, -0.05) is 70.6 Å². The molecule has 1 fully saturated rings. The van der Waals surface area contributed by atoms with Gasteiger partial charge in [-0.25, -0.2) is 0 Å². The van der Waals surface area contributed by atoms with Crippen molar-refractivity contribution in [1.29, 1.82) is 0 Å². The zero-order chi connectivity index (χ0) is 14.4. The van der Waals surface area contributed by atoms with Gasteiger partial charge in [0.25, 0.3) is 0 Å². The lowest BCUT2D eigenvalue weighted by Crippen LogP contribution is -2.17. The summed E-state index contributed by atoms with van der Waals surface area (Å²) in [6.07, 6.45) is 11.8. The second-order valence-corrected chi connectivity index (χ2v) is 6.44. The first kappa shape index (κ1) is 15.6. The van der Waals surface area contributed by atoms with Gasteiger partial charge in [0, 0.05) is 6.04 Å². The molecule has 0 aromatic heterocycles. The third-order valence-corrected chi connectivity index (χ3v) is 4.96. The van der Waals surface area contributed by atoms with Crippen LogP contribution in [0.2, 0.25) is 0 Å². The Labute approximate surface area is 125 Å². The van der Waals surface area contributed by atoms with Crippen molar-refractivity contribution in [2.45, 2.75) is 77.7 Å². The van der Waals surface area contributed by atoms with Crippen LogP contribution in [0.5, 0.6) is 0 Å². The van der Waals surface area contributed by atoms with Crippen molar-refractivity contribution in [3.8, 4) is 0 Å². The average Bonchev–Trinajstić information content (AvgIpc) is 2.75. The van der Waals surface area contributed by atoms with Gasteiger partial charge in [0.2, 0.25) is 0 Å². The van der Waals surface area contributed by atoms with Gasteiger partial charge >= 0.3 is 0 Å². The maximum atomic E-state index is 6.58. The molecule has 1 aromatic rings. The van der Waals surface area contributed by atoms with Crippen LogP contribution in [0, 0.1) is 5.92 Å². The fourth-order valence-corrected chi connectivity index (χ4v) is 3.62. The standard InChI is InChI=1S/C19H31N/c1-3-15-11-12-17(4-2)18(13-15)19(20)14-16-9-7-5-6-8-10-16/h11-13,16,19H,3-10,14,20H2,1-2H3. The van der Waals surface area contributed by atoms with Crippen molar-refractivity contribution < 1.29 is 0 Å². The summed E-state index contributed by atoms with van der Waals surface area (Å²) in [6, 6.07) is 7.15. The maximum absolute atomic E-state index is 6.58. The summed E-state index contributed by atoms with van der Waals surface area (Å²) in [7, 11) is 0. The van der Waals surface area contributed by atoms with E-state index in [1.54, 1.807) is 0 Å². The lowest BCUT2D eigenvalue weighted by atomic mass is 9.87. The number of hydrogen-bond acceptors (Lipinski definition) is 1. The van der Waals surface area contributed by atoms with Gasteiger partial charge in [-0.15, -0.1) is 0 Å². The van der Waals surface area contributed by atoms with E-state index in [-0.39, 0.29) is 6.04 Å². The van der Waals surface area contributed by atoms with Crippen molar-refractivity contribution in [3.63, 3.8) is 0 Å². The highest BCUT2D eigenvalue weighted by Gasteiger charge is 2.18. The molecule has 0 saturated heterocycles. The Morgan fingerprint density at radius 2 is 1.75 bits per heavy atom. The van der Waals surface area contributed by atoms with Crippen LogP contribution in [0.3, 0.4) is 0 Å². The van der Waals surface area contributed by atoms with Gasteiger partial charge in [-0.2, -0.15) is 0 Å². The SMILES string of the molecule is CCc1ccc(CC)c(C(N)CC2CCCCCC2)c1. The zero-order valence-corrected chi connectivity index (χ0v) is 13.3. The molecule has 1 nitrogen and oxygen atoms in total. The quantitative estimate of drug-likeness (QED) is 0.736. The van der Waals surface area contributed by atoms with E-state index >= 15 is 0 Å². The van der Waals surface area contributed by atoms with Crippen LogP contribution in [-0.2, 0) is 12.8 Å². The van der Waals surface area contributed by atoms with Crippen molar-refractivity contribution in [1.82, 2.24) is 0 Å². The molecule has 112 valence electrons. The van der Waals surface area contributed by atoms with Crippen LogP contribution in [0.15, 0.2) is 18.2 Å². The normalized spacial score (nSPS) is 18.8. The highest BCUT2D eigenvalue weighted by atomic mass is 14.6. The number of hydrogen-bond donors (Lipinski definition) is 1. The van der Waals surface area contributed by atoms with Crippen molar-refractivity contribution in [2.24, 2.45) is 11.7 Å². The van der Waals surface area contributed by atoms with E-state index in [1.807, 2.05) is 0 Å². The first-order chi connectivity index (χ1) is 9.74. The second kappa shape index (κ2) is 7.83. The van der Waals surface area contributed by atoms with Gasteiger partial charge in [0.1, 0.15) is 0 Å². The van der Waals surface area contributed by atoms with E-state index < -0.39 is 0 Å². The average molecular weight is 273 g/mol. The van der Waals surface area contributed by atoms with Crippen molar-refractivity contribution in [3.05, 3.63) is 34.9 Å². The minimum absolute atomic E-state index is 0.236. The molecule has 20 heavy (non-hydrogen) atoms. The van der Waals surface area contributed by atoms with Gasteiger partial charge < -0.3 is 5.73 Å². The second-order valence-electron chi connectivity index (χ2n) is 6.44. The molecule has 1 unspecified atom stereocenters. The van der Waals surface area contributed by atoms with Crippen molar-refractivity contribution >= 4 is 0 Å². The molecule has 2 rings (SSSR count). The van der Waals surface area contributed by atoms with E-state index in [4.69, 9.17) is 5.73 Å². The molecule has 1 atom stereocenters. The maximum Gasteiger partial charge on any atom is 0.0300 e. The summed E-state index contributed by atoms with van der Waals surface area (Å²) in [5.74, 6) is 0.850. The Morgan fingerprint density at radius 1 is 1.05 bits per heavy atom. The summed E-state index contributed by atoms with van der Waals surface area (Å²) in [5, 5.41) is 0. The Morgan fingerprint density at radius 3 is 2.35 bits per heavy atom. The van der Waals surface area contributed by atoms with Gasteiger partial charge in [0.15, 0.2) is 0 Å². The molecular weight excluding hydrogens is 242 g/mol. The van der Waals surface area contributed by atoms with Crippen LogP contribution < -0.4 is 5.73 Å². The van der Waals surface area contributed by atoms with Crippen molar-refractivity contribution in [2.75, 3.05) is 0 Å². The van der Waals surface area contributed by atoms with E-state index in [0.717, 1.165) is 18.8 Å².